The minimum Gasteiger partial charge on any atom is -0.493 e. The average Bonchev–Trinajstić information content (AvgIpc) is 2.46. The molecular formula is C15H15FN2O2. The highest BCUT2D eigenvalue weighted by Crippen LogP contribution is 2.27. The molecule has 3 N–H and O–H groups in total. The Bertz CT molecular complexity index is 629. The van der Waals surface area contributed by atoms with Crippen LogP contribution in [0.5, 0.6) is 11.5 Å². The Hall–Kier alpha value is -2.56. The van der Waals surface area contributed by atoms with Crippen LogP contribution in [-0.2, 0) is 6.61 Å². The van der Waals surface area contributed by atoms with Crippen LogP contribution in [0.15, 0.2) is 42.5 Å². The summed E-state index contributed by atoms with van der Waals surface area (Å²) in [6, 6.07) is 11.3. The maximum absolute atomic E-state index is 13.2. The van der Waals surface area contributed by atoms with Gasteiger partial charge in [0.05, 0.1) is 7.11 Å². The Morgan fingerprint density at radius 2 is 1.90 bits per heavy atom. The topological polar surface area (TPSA) is 68.3 Å². The predicted molar refractivity (Wildman–Crippen MR) is 74.7 cm³/mol. The molecule has 4 nitrogen and oxygen atoms in total. The lowest BCUT2D eigenvalue weighted by molar-refractivity contribution is 0.284. The largest absolute Gasteiger partial charge is 0.493 e. The van der Waals surface area contributed by atoms with Gasteiger partial charge in [0.2, 0.25) is 0 Å². The van der Waals surface area contributed by atoms with Crippen molar-refractivity contribution in [3.63, 3.8) is 0 Å². The van der Waals surface area contributed by atoms with E-state index in [9.17, 15) is 4.39 Å². The quantitative estimate of drug-likeness (QED) is 0.650. The van der Waals surface area contributed by atoms with E-state index < -0.39 is 5.82 Å². The van der Waals surface area contributed by atoms with Gasteiger partial charge in [-0.3, -0.25) is 5.41 Å². The molecule has 2 aromatic carbocycles. The molecule has 0 aliphatic carbocycles. The van der Waals surface area contributed by atoms with Crippen molar-refractivity contribution in [2.75, 3.05) is 7.11 Å². The number of nitrogens with two attached hydrogens (primary N) is 1. The molecule has 0 saturated heterocycles. The average molecular weight is 274 g/mol. The third-order valence-electron chi connectivity index (χ3n) is 2.81. The van der Waals surface area contributed by atoms with Crippen LogP contribution >= 0.6 is 0 Å². The fraction of sp³-hybridized carbons (Fsp3) is 0.133. The molecule has 0 fully saturated rings. The number of halogens is 1. The molecule has 0 aliphatic heterocycles. The van der Waals surface area contributed by atoms with Crippen molar-refractivity contribution in [1.29, 1.82) is 5.41 Å². The Kier molecular flexibility index (Phi) is 4.20. The lowest BCUT2D eigenvalue weighted by Gasteiger charge is -2.12. The molecule has 0 radical (unpaired) electrons. The van der Waals surface area contributed by atoms with Crippen molar-refractivity contribution in [3.8, 4) is 11.5 Å². The zero-order valence-electron chi connectivity index (χ0n) is 11.0. The van der Waals surface area contributed by atoms with Crippen molar-refractivity contribution in [3.05, 3.63) is 59.4 Å². The van der Waals surface area contributed by atoms with Gasteiger partial charge in [0.25, 0.3) is 0 Å². The van der Waals surface area contributed by atoms with Gasteiger partial charge in [0.15, 0.2) is 11.5 Å². The third kappa shape index (κ3) is 3.06. The highest BCUT2D eigenvalue weighted by atomic mass is 19.1. The van der Waals surface area contributed by atoms with Gasteiger partial charge in [-0.05, 0) is 24.3 Å². The number of ether oxygens (including phenoxy) is 2. The Morgan fingerprint density at radius 1 is 1.20 bits per heavy atom. The fourth-order valence-electron chi connectivity index (χ4n) is 1.82. The maximum Gasteiger partial charge on any atom is 0.161 e. The van der Waals surface area contributed by atoms with E-state index in [1.165, 1.54) is 12.1 Å². The highest BCUT2D eigenvalue weighted by molar-refractivity contribution is 5.96. The zero-order valence-corrected chi connectivity index (χ0v) is 11.0. The molecule has 5 heteroatoms. The summed E-state index contributed by atoms with van der Waals surface area (Å²) in [5, 5.41) is 7.47. The fourth-order valence-corrected chi connectivity index (χ4v) is 1.82. The summed E-state index contributed by atoms with van der Waals surface area (Å²) >= 11 is 0. The van der Waals surface area contributed by atoms with Gasteiger partial charge in [-0.15, -0.1) is 0 Å². The number of methoxy groups -OCH3 is 1. The number of hydrogen-bond acceptors (Lipinski definition) is 3. The normalized spacial score (nSPS) is 10.1. The molecule has 0 atom stereocenters. The number of rotatable bonds is 5. The van der Waals surface area contributed by atoms with Gasteiger partial charge in [0, 0.05) is 11.1 Å². The number of nitrogen functional groups attached to an aromatic ring is 1. The van der Waals surface area contributed by atoms with Crippen LogP contribution in [0.2, 0.25) is 0 Å². The summed E-state index contributed by atoms with van der Waals surface area (Å²) in [6.07, 6.45) is 0. The van der Waals surface area contributed by atoms with Gasteiger partial charge in [-0.1, -0.05) is 18.2 Å². The molecule has 2 aromatic rings. The molecule has 0 unspecified atom stereocenters. The van der Waals surface area contributed by atoms with E-state index in [1.54, 1.807) is 25.3 Å². The second kappa shape index (κ2) is 6.06. The van der Waals surface area contributed by atoms with Gasteiger partial charge in [-0.25, -0.2) is 4.39 Å². The molecule has 0 aliphatic rings. The molecule has 0 saturated carbocycles. The molecule has 0 aromatic heterocycles. The van der Waals surface area contributed by atoms with Crippen molar-refractivity contribution in [2.45, 2.75) is 6.61 Å². The van der Waals surface area contributed by atoms with Crippen LogP contribution < -0.4 is 15.2 Å². The second-order valence-electron chi connectivity index (χ2n) is 4.15. The molecular weight excluding hydrogens is 259 g/mol. The summed E-state index contributed by atoms with van der Waals surface area (Å²) < 4.78 is 24.0. The van der Waals surface area contributed by atoms with Crippen LogP contribution in [0, 0.1) is 11.2 Å². The summed E-state index contributed by atoms with van der Waals surface area (Å²) in [6.45, 7) is 0.176. The summed E-state index contributed by atoms with van der Waals surface area (Å²) in [7, 11) is 1.56. The summed E-state index contributed by atoms with van der Waals surface area (Å²) in [5.74, 6) is 0.562. The van der Waals surface area contributed by atoms with E-state index in [-0.39, 0.29) is 12.4 Å². The van der Waals surface area contributed by atoms with Gasteiger partial charge in [-0.2, -0.15) is 0 Å². The number of nitrogens with one attached hydrogen (secondary N) is 1. The molecule has 0 bridgehead atoms. The molecule has 20 heavy (non-hydrogen) atoms. The monoisotopic (exact) mass is 274 g/mol. The molecule has 0 spiro atoms. The zero-order chi connectivity index (χ0) is 14.5. The second-order valence-corrected chi connectivity index (χ2v) is 4.15. The molecule has 104 valence electrons. The Balaban J connectivity index is 2.21. The van der Waals surface area contributed by atoms with Crippen molar-refractivity contribution >= 4 is 5.84 Å². The lowest BCUT2D eigenvalue weighted by atomic mass is 10.1. The number of para-hydroxylation sites is 2. The van der Waals surface area contributed by atoms with E-state index >= 15 is 0 Å². The van der Waals surface area contributed by atoms with Crippen LogP contribution in [0.3, 0.4) is 0 Å². The SMILES string of the molecule is COc1ccccc1OCc1ccc(F)cc1C(=N)N. The van der Waals surface area contributed by atoms with Crippen LogP contribution in [-0.4, -0.2) is 12.9 Å². The molecule has 2 rings (SSSR count). The molecule has 0 heterocycles. The van der Waals surface area contributed by atoms with E-state index in [0.717, 1.165) is 0 Å². The Morgan fingerprint density at radius 3 is 2.55 bits per heavy atom. The minimum absolute atomic E-state index is 0.176. The van der Waals surface area contributed by atoms with Crippen LogP contribution in [0.4, 0.5) is 4.39 Å². The minimum atomic E-state index is -0.434. The van der Waals surface area contributed by atoms with E-state index in [4.69, 9.17) is 20.6 Å². The predicted octanol–water partition coefficient (Wildman–Crippen LogP) is 2.70. The van der Waals surface area contributed by atoms with E-state index in [2.05, 4.69) is 0 Å². The number of amidine groups is 1. The Labute approximate surface area is 116 Å². The van der Waals surface area contributed by atoms with Crippen molar-refractivity contribution in [2.24, 2.45) is 5.73 Å². The lowest BCUT2D eigenvalue weighted by Crippen LogP contribution is -2.15. The third-order valence-corrected chi connectivity index (χ3v) is 2.81. The summed E-state index contributed by atoms with van der Waals surface area (Å²) in [5.41, 5.74) is 6.42. The smallest absolute Gasteiger partial charge is 0.161 e. The van der Waals surface area contributed by atoms with E-state index in [1.807, 2.05) is 12.1 Å². The molecule has 0 amide bonds. The van der Waals surface area contributed by atoms with Gasteiger partial charge in [0.1, 0.15) is 18.3 Å². The van der Waals surface area contributed by atoms with Crippen LogP contribution in [0.25, 0.3) is 0 Å². The number of benzene rings is 2. The number of hydrogen-bond donors (Lipinski definition) is 2. The van der Waals surface area contributed by atoms with Crippen molar-refractivity contribution < 1.29 is 13.9 Å². The first kappa shape index (κ1) is 13.9. The van der Waals surface area contributed by atoms with Crippen LogP contribution in [0.1, 0.15) is 11.1 Å². The maximum atomic E-state index is 13.2. The first-order valence-electron chi connectivity index (χ1n) is 6.00. The van der Waals surface area contributed by atoms with Crippen molar-refractivity contribution in [1.82, 2.24) is 0 Å². The summed E-state index contributed by atoms with van der Waals surface area (Å²) in [4.78, 5) is 0. The van der Waals surface area contributed by atoms with E-state index in [0.29, 0.717) is 22.6 Å². The standard InChI is InChI=1S/C15H15FN2O2/c1-19-13-4-2-3-5-14(13)20-9-10-6-7-11(16)8-12(10)15(17)18/h2-8H,9H2,1H3,(H3,17,18). The first-order valence-corrected chi connectivity index (χ1v) is 6.00. The van der Waals surface area contributed by atoms with Gasteiger partial charge >= 0.3 is 0 Å². The highest BCUT2D eigenvalue weighted by Gasteiger charge is 2.09. The van der Waals surface area contributed by atoms with Gasteiger partial charge < -0.3 is 15.2 Å². The first-order chi connectivity index (χ1) is 9.61.